The lowest BCUT2D eigenvalue weighted by Gasteiger charge is -2.44. The average molecular weight is 435 g/mol. The molecule has 6 heteroatoms. The third-order valence-corrected chi connectivity index (χ3v) is 7.16. The summed E-state index contributed by atoms with van der Waals surface area (Å²) in [5.74, 6) is 0.450. The first kappa shape index (κ1) is 21.3. The second-order valence-corrected chi connectivity index (χ2v) is 9.35. The summed E-state index contributed by atoms with van der Waals surface area (Å²) in [7, 11) is 0. The molecule has 3 aromatic rings. The highest BCUT2D eigenvalue weighted by atomic mass is 19.1. The van der Waals surface area contributed by atoms with Crippen LogP contribution in [-0.2, 0) is 0 Å². The van der Waals surface area contributed by atoms with Crippen LogP contribution in [0.1, 0.15) is 56.2 Å². The molecule has 32 heavy (non-hydrogen) atoms. The fraction of sp³-hybridized carbons (Fsp3) is 0.462. The molecular formula is C26H31FN4O. The number of benzene rings is 2. The van der Waals surface area contributed by atoms with Crippen molar-refractivity contribution in [2.45, 2.75) is 56.7 Å². The molecule has 0 bridgehead atoms. The Labute approximate surface area is 188 Å². The van der Waals surface area contributed by atoms with Gasteiger partial charge in [0.2, 0.25) is 0 Å². The molecule has 1 N–H and O–H groups in total. The Bertz CT molecular complexity index is 1000. The van der Waals surface area contributed by atoms with Gasteiger partial charge in [-0.05, 0) is 55.0 Å². The van der Waals surface area contributed by atoms with Crippen molar-refractivity contribution in [2.24, 2.45) is 5.92 Å². The fourth-order valence-corrected chi connectivity index (χ4v) is 5.40. The van der Waals surface area contributed by atoms with E-state index in [1.165, 1.54) is 49.8 Å². The number of rotatable bonds is 5. The van der Waals surface area contributed by atoms with Crippen LogP contribution in [0.2, 0.25) is 0 Å². The van der Waals surface area contributed by atoms with E-state index in [1.54, 1.807) is 16.8 Å². The lowest BCUT2D eigenvalue weighted by atomic mass is 9.85. The van der Waals surface area contributed by atoms with Gasteiger partial charge in [-0.2, -0.15) is 0 Å². The van der Waals surface area contributed by atoms with E-state index in [9.17, 15) is 9.50 Å². The zero-order valence-electron chi connectivity index (χ0n) is 18.4. The number of halogens is 1. The molecule has 1 aliphatic heterocycles. The van der Waals surface area contributed by atoms with E-state index in [2.05, 4.69) is 39.5 Å². The third kappa shape index (κ3) is 4.62. The smallest absolute Gasteiger partial charge is 0.123 e. The van der Waals surface area contributed by atoms with Crippen molar-refractivity contribution in [1.29, 1.82) is 0 Å². The maximum atomic E-state index is 13.3. The van der Waals surface area contributed by atoms with E-state index in [4.69, 9.17) is 0 Å². The molecule has 2 aliphatic rings. The van der Waals surface area contributed by atoms with Crippen LogP contribution >= 0.6 is 0 Å². The number of hydrogen-bond acceptors (Lipinski definition) is 4. The molecule has 3 atom stereocenters. The number of aliphatic hydroxyl groups is 1. The van der Waals surface area contributed by atoms with Gasteiger partial charge >= 0.3 is 0 Å². The molecule has 0 amide bonds. The Kier molecular flexibility index (Phi) is 6.32. The van der Waals surface area contributed by atoms with Gasteiger partial charge in [-0.1, -0.05) is 54.8 Å². The van der Waals surface area contributed by atoms with Crippen molar-refractivity contribution in [3.63, 3.8) is 0 Å². The van der Waals surface area contributed by atoms with Gasteiger partial charge in [-0.15, -0.1) is 5.10 Å². The summed E-state index contributed by atoms with van der Waals surface area (Å²) in [5, 5.41) is 19.8. The highest BCUT2D eigenvalue weighted by Crippen LogP contribution is 2.38. The summed E-state index contributed by atoms with van der Waals surface area (Å²) in [6, 6.07) is 16.9. The highest BCUT2D eigenvalue weighted by molar-refractivity contribution is 5.57. The van der Waals surface area contributed by atoms with Gasteiger partial charge in [0.15, 0.2) is 0 Å². The van der Waals surface area contributed by atoms with Crippen molar-refractivity contribution >= 4 is 0 Å². The zero-order valence-corrected chi connectivity index (χ0v) is 18.4. The fourth-order valence-electron chi connectivity index (χ4n) is 5.40. The van der Waals surface area contributed by atoms with Crippen LogP contribution < -0.4 is 0 Å². The largest absolute Gasteiger partial charge is 0.391 e. The molecule has 2 aromatic carbocycles. The van der Waals surface area contributed by atoms with E-state index in [-0.39, 0.29) is 17.9 Å². The van der Waals surface area contributed by atoms with E-state index in [1.807, 2.05) is 12.3 Å². The molecule has 168 valence electrons. The van der Waals surface area contributed by atoms with Crippen molar-refractivity contribution in [2.75, 3.05) is 13.1 Å². The molecule has 0 spiro atoms. The minimum atomic E-state index is -0.509. The van der Waals surface area contributed by atoms with Crippen LogP contribution in [0.3, 0.4) is 0 Å². The average Bonchev–Trinajstić information content (AvgIpc) is 3.32. The van der Waals surface area contributed by atoms with Gasteiger partial charge in [0.25, 0.3) is 0 Å². The van der Waals surface area contributed by atoms with Crippen LogP contribution in [0.4, 0.5) is 4.39 Å². The van der Waals surface area contributed by atoms with Crippen LogP contribution in [0.25, 0.3) is 11.3 Å². The van der Waals surface area contributed by atoms with E-state index in [0.717, 1.165) is 24.6 Å². The van der Waals surface area contributed by atoms with Crippen molar-refractivity contribution in [3.05, 3.63) is 72.2 Å². The monoisotopic (exact) mass is 434 g/mol. The summed E-state index contributed by atoms with van der Waals surface area (Å²) >= 11 is 0. The minimum absolute atomic E-state index is 0.153. The van der Waals surface area contributed by atoms with Gasteiger partial charge in [0.1, 0.15) is 11.5 Å². The van der Waals surface area contributed by atoms with Gasteiger partial charge in [0.05, 0.1) is 18.3 Å². The van der Waals surface area contributed by atoms with Crippen molar-refractivity contribution in [3.8, 4) is 11.3 Å². The summed E-state index contributed by atoms with van der Waals surface area (Å²) in [6.45, 7) is 1.80. The molecule has 2 fully saturated rings. The lowest BCUT2D eigenvalue weighted by molar-refractivity contribution is -0.0154. The first-order chi connectivity index (χ1) is 15.7. The van der Waals surface area contributed by atoms with Crippen LogP contribution in [0, 0.1) is 11.7 Å². The zero-order chi connectivity index (χ0) is 21.9. The van der Waals surface area contributed by atoms with Gasteiger partial charge in [0, 0.05) is 24.7 Å². The minimum Gasteiger partial charge on any atom is -0.391 e. The molecule has 5 nitrogen and oxygen atoms in total. The molecule has 0 unspecified atom stereocenters. The number of hydrogen-bond donors (Lipinski definition) is 1. The van der Waals surface area contributed by atoms with E-state index in [0.29, 0.717) is 12.1 Å². The predicted molar refractivity (Wildman–Crippen MR) is 122 cm³/mol. The molecular weight excluding hydrogens is 403 g/mol. The normalized spacial score (nSPS) is 25.1. The molecule has 1 aliphatic carbocycles. The standard InChI is InChI=1S/C26H31FN4O/c27-22-13-11-20(12-14-22)23-17-31(29-28-23)25-18-30(16-19-7-3-1-4-8-19)24(15-26(25)32)21-9-5-2-6-10-21/h2,5-6,9-14,17,19,24-26,32H,1,3-4,7-8,15-16,18H2/t24-,25-,26-/m1/s1. The summed E-state index contributed by atoms with van der Waals surface area (Å²) in [6.07, 6.45) is 8.63. The second-order valence-electron chi connectivity index (χ2n) is 9.35. The first-order valence-electron chi connectivity index (χ1n) is 11.8. The summed E-state index contributed by atoms with van der Waals surface area (Å²) in [5.41, 5.74) is 2.79. The summed E-state index contributed by atoms with van der Waals surface area (Å²) < 4.78 is 15.1. The Hall–Kier alpha value is -2.57. The number of likely N-dealkylation sites (tertiary alicyclic amines) is 1. The Morgan fingerprint density at radius 1 is 0.969 bits per heavy atom. The quantitative estimate of drug-likeness (QED) is 0.613. The molecule has 2 heterocycles. The predicted octanol–water partition coefficient (Wildman–Crippen LogP) is 5.01. The number of nitrogens with zero attached hydrogens (tertiary/aromatic N) is 4. The highest BCUT2D eigenvalue weighted by Gasteiger charge is 2.38. The van der Waals surface area contributed by atoms with Crippen LogP contribution in [-0.4, -0.2) is 44.2 Å². The topological polar surface area (TPSA) is 54.2 Å². The van der Waals surface area contributed by atoms with Crippen molar-refractivity contribution in [1.82, 2.24) is 19.9 Å². The Morgan fingerprint density at radius 2 is 1.72 bits per heavy atom. The summed E-state index contributed by atoms with van der Waals surface area (Å²) in [4.78, 5) is 2.56. The molecule has 5 rings (SSSR count). The molecule has 1 saturated carbocycles. The lowest BCUT2D eigenvalue weighted by Crippen LogP contribution is -2.47. The third-order valence-electron chi connectivity index (χ3n) is 7.16. The van der Waals surface area contributed by atoms with Gasteiger partial charge in [-0.25, -0.2) is 9.07 Å². The molecule has 1 aromatic heterocycles. The Balaban J connectivity index is 1.38. The maximum absolute atomic E-state index is 13.3. The van der Waals surface area contributed by atoms with Crippen LogP contribution in [0.15, 0.2) is 60.8 Å². The number of piperidine rings is 1. The van der Waals surface area contributed by atoms with Gasteiger partial charge in [-0.3, -0.25) is 4.90 Å². The van der Waals surface area contributed by atoms with E-state index < -0.39 is 6.10 Å². The van der Waals surface area contributed by atoms with Crippen LogP contribution in [0.5, 0.6) is 0 Å². The first-order valence-corrected chi connectivity index (χ1v) is 11.8. The van der Waals surface area contributed by atoms with Gasteiger partial charge < -0.3 is 5.11 Å². The Morgan fingerprint density at radius 3 is 2.47 bits per heavy atom. The van der Waals surface area contributed by atoms with E-state index >= 15 is 0 Å². The van der Waals surface area contributed by atoms with Crippen molar-refractivity contribution < 1.29 is 9.50 Å². The maximum Gasteiger partial charge on any atom is 0.123 e. The molecule has 0 radical (unpaired) electrons. The number of aromatic nitrogens is 3. The molecule has 1 saturated heterocycles. The number of aliphatic hydroxyl groups excluding tert-OH is 1. The second kappa shape index (κ2) is 9.51. The SMILES string of the molecule is O[C@@H]1C[C@H](c2ccccc2)N(CC2CCCCC2)C[C@H]1n1cc(-c2ccc(F)cc2)nn1.